The summed E-state index contributed by atoms with van der Waals surface area (Å²) in [7, 11) is 1.40. The fourth-order valence-corrected chi connectivity index (χ4v) is 3.44. The molecular weight excluding hydrogens is 456 g/mol. The summed E-state index contributed by atoms with van der Waals surface area (Å²) in [6.45, 7) is 0. The summed E-state index contributed by atoms with van der Waals surface area (Å²) in [6.07, 6.45) is 1.38. The Bertz CT molecular complexity index is 1010. The first-order chi connectivity index (χ1) is 12.8. The number of nitrogens with one attached hydrogen (secondary N) is 1. The van der Waals surface area contributed by atoms with Crippen LogP contribution in [0.5, 0.6) is 11.5 Å². The van der Waals surface area contributed by atoms with E-state index in [1.54, 1.807) is 24.3 Å². The lowest BCUT2D eigenvalue weighted by Crippen LogP contribution is -2.54. The Morgan fingerprint density at radius 2 is 2.00 bits per heavy atom. The smallest absolute Gasteiger partial charge is 0.270 e. The van der Waals surface area contributed by atoms with E-state index in [9.17, 15) is 14.7 Å². The van der Waals surface area contributed by atoms with E-state index < -0.39 is 11.8 Å². The van der Waals surface area contributed by atoms with Crippen molar-refractivity contribution in [3.63, 3.8) is 0 Å². The van der Waals surface area contributed by atoms with Gasteiger partial charge < -0.3 is 9.84 Å². The molecule has 3 rings (SSSR count). The van der Waals surface area contributed by atoms with Gasteiger partial charge >= 0.3 is 0 Å². The van der Waals surface area contributed by atoms with E-state index >= 15 is 0 Å². The number of phenolic OH excluding ortho intramolecular Hbond substituents is 1. The van der Waals surface area contributed by atoms with E-state index in [4.69, 9.17) is 28.6 Å². The molecule has 0 bridgehead atoms. The van der Waals surface area contributed by atoms with Crippen LogP contribution in [0.2, 0.25) is 5.02 Å². The van der Waals surface area contributed by atoms with Gasteiger partial charge in [-0.15, -0.1) is 0 Å². The van der Waals surface area contributed by atoms with Crippen LogP contribution in [0.4, 0.5) is 5.69 Å². The van der Waals surface area contributed by atoms with Gasteiger partial charge in [0.25, 0.3) is 11.8 Å². The van der Waals surface area contributed by atoms with Crippen molar-refractivity contribution in [1.29, 1.82) is 0 Å². The van der Waals surface area contributed by atoms with Crippen LogP contribution in [0.3, 0.4) is 0 Å². The Kier molecular flexibility index (Phi) is 5.50. The monoisotopic (exact) mass is 466 g/mol. The van der Waals surface area contributed by atoms with E-state index in [-0.39, 0.29) is 22.2 Å². The van der Waals surface area contributed by atoms with E-state index in [1.165, 1.54) is 25.3 Å². The molecule has 0 unspecified atom stereocenters. The molecule has 1 fully saturated rings. The maximum atomic E-state index is 13.0. The second-order valence-electron chi connectivity index (χ2n) is 5.45. The Morgan fingerprint density at radius 3 is 2.67 bits per heavy atom. The minimum absolute atomic E-state index is 0.0578. The quantitative estimate of drug-likeness (QED) is 0.409. The van der Waals surface area contributed by atoms with Crippen molar-refractivity contribution in [2.45, 2.75) is 0 Å². The van der Waals surface area contributed by atoms with Crippen LogP contribution >= 0.6 is 39.7 Å². The molecule has 0 radical (unpaired) electrons. The molecule has 2 amide bonds. The van der Waals surface area contributed by atoms with Crippen molar-refractivity contribution in [2.24, 2.45) is 0 Å². The fraction of sp³-hybridized carbons (Fsp3) is 0.0556. The topological polar surface area (TPSA) is 78.9 Å². The Morgan fingerprint density at radius 1 is 1.30 bits per heavy atom. The fourth-order valence-electron chi connectivity index (χ4n) is 2.50. The van der Waals surface area contributed by atoms with Gasteiger partial charge in [0.1, 0.15) is 5.57 Å². The number of nitrogens with zero attached hydrogens (tertiary/aromatic N) is 1. The van der Waals surface area contributed by atoms with Crippen molar-refractivity contribution in [3.05, 3.63) is 57.0 Å². The molecule has 2 N–H and O–H groups in total. The van der Waals surface area contributed by atoms with Gasteiger partial charge in [-0.05, 0) is 48.1 Å². The highest BCUT2D eigenvalue weighted by Crippen LogP contribution is 2.34. The molecule has 6 nitrogen and oxygen atoms in total. The molecule has 1 saturated heterocycles. The number of carbonyl (C=O) groups is 2. The highest BCUT2D eigenvalue weighted by Gasteiger charge is 2.35. The molecule has 0 saturated carbocycles. The van der Waals surface area contributed by atoms with E-state index in [0.29, 0.717) is 20.7 Å². The van der Waals surface area contributed by atoms with Crippen LogP contribution < -0.4 is 15.0 Å². The molecule has 0 spiro atoms. The van der Waals surface area contributed by atoms with Crippen molar-refractivity contribution in [1.82, 2.24) is 5.32 Å². The highest BCUT2D eigenvalue weighted by molar-refractivity contribution is 9.10. The lowest BCUT2D eigenvalue weighted by molar-refractivity contribution is -0.122. The molecule has 1 heterocycles. The number of hydrogen-bond donors (Lipinski definition) is 2. The lowest BCUT2D eigenvalue weighted by Gasteiger charge is -2.29. The maximum Gasteiger partial charge on any atom is 0.270 e. The zero-order valence-electron chi connectivity index (χ0n) is 13.8. The number of anilines is 1. The summed E-state index contributed by atoms with van der Waals surface area (Å²) in [5, 5.41) is 12.6. The second kappa shape index (κ2) is 7.67. The number of carbonyl (C=O) groups excluding carboxylic acids is 2. The van der Waals surface area contributed by atoms with Gasteiger partial charge in [0.05, 0.1) is 17.8 Å². The molecule has 2 aromatic carbocycles. The van der Waals surface area contributed by atoms with Crippen LogP contribution in [0, 0.1) is 0 Å². The van der Waals surface area contributed by atoms with Crippen molar-refractivity contribution in [3.8, 4) is 11.5 Å². The molecule has 138 valence electrons. The van der Waals surface area contributed by atoms with E-state index in [1.807, 2.05) is 0 Å². The van der Waals surface area contributed by atoms with Crippen molar-refractivity contribution in [2.75, 3.05) is 12.0 Å². The molecule has 1 aliphatic heterocycles. The standard InChI is InChI=1S/C18H12BrClN2O4S/c1-26-15-7-9(11(19)8-14(15)23)6-10-16(24)21-18(27)22(17(10)25)13-5-3-2-4-12(13)20/h2-8,23H,1H3,(H,21,24,27)/b10-6+. The zero-order chi connectivity index (χ0) is 19.7. The summed E-state index contributed by atoms with van der Waals surface area (Å²) >= 11 is 14.6. The maximum absolute atomic E-state index is 13.0. The van der Waals surface area contributed by atoms with Crippen LogP contribution in [-0.2, 0) is 9.59 Å². The van der Waals surface area contributed by atoms with Gasteiger partial charge in [-0.2, -0.15) is 0 Å². The predicted molar refractivity (Wildman–Crippen MR) is 110 cm³/mol. The second-order valence-corrected chi connectivity index (χ2v) is 7.10. The van der Waals surface area contributed by atoms with Crippen LogP contribution in [0.15, 0.2) is 46.4 Å². The third-order valence-electron chi connectivity index (χ3n) is 3.79. The van der Waals surface area contributed by atoms with Gasteiger partial charge in [0, 0.05) is 4.47 Å². The van der Waals surface area contributed by atoms with E-state index in [2.05, 4.69) is 21.2 Å². The largest absolute Gasteiger partial charge is 0.504 e. The third kappa shape index (κ3) is 3.69. The molecule has 0 aliphatic carbocycles. The number of thiocarbonyl (C=S) groups is 1. The van der Waals surface area contributed by atoms with Crippen molar-refractivity contribution < 1.29 is 19.4 Å². The molecular formula is C18H12BrClN2O4S. The number of amides is 2. The number of phenols is 1. The normalized spacial score (nSPS) is 15.9. The first-order valence-corrected chi connectivity index (χ1v) is 9.14. The molecule has 0 aromatic heterocycles. The summed E-state index contributed by atoms with van der Waals surface area (Å²) in [5.74, 6) is -1.12. The average Bonchev–Trinajstić information content (AvgIpc) is 2.61. The number of benzene rings is 2. The molecule has 9 heteroatoms. The first kappa shape index (κ1) is 19.3. The highest BCUT2D eigenvalue weighted by atomic mass is 79.9. The van der Waals surface area contributed by atoms with Crippen molar-refractivity contribution >= 4 is 68.4 Å². The minimum atomic E-state index is -0.632. The lowest BCUT2D eigenvalue weighted by atomic mass is 10.1. The summed E-state index contributed by atoms with van der Waals surface area (Å²) in [4.78, 5) is 26.5. The average molecular weight is 468 g/mol. The molecule has 27 heavy (non-hydrogen) atoms. The molecule has 1 aliphatic rings. The number of para-hydroxylation sites is 1. The zero-order valence-corrected chi connectivity index (χ0v) is 17.0. The van der Waals surface area contributed by atoms with Gasteiger partial charge in [0.15, 0.2) is 16.6 Å². The van der Waals surface area contributed by atoms with Crippen LogP contribution in [0.25, 0.3) is 6.08 Å². The first-order valence-electron chi connectivity index (χ1n) is 7.56. The van der Waals surface area contributed by atoms with Crippen LogP contribution in [-0.4, -0.2) is 29.1 Å². The Balaban J connectivity index is 2.09. The van der Waals surface area contributed by atoms with Gasteiger partial charge in [-0.3, -0.25) is 19.8 Å². The number of methoxy groups -OCH3 is 1. The third-order valence-corrected chi connectivity index (χ3v) is 5.08. The molecule has 2 aromatic rings. The number of rotatable bonds is 3. The number of hydrogen-bond acceptors (Lipinski definition) is 5. The minimum Gasteiger partial charge on any atom is -0.504 e. The SMILES string of the molecule is COc1cc(/C=C2\C(=O)NC(=S)N(c3ccccc3Cl)C2=O)c(Br)cc1O. The van der Waals surface area contributed by atoms with Crippen LogP contribution in [0.1, 0.15) is 5.56 Å². The summed E-state index contributed by atoms with van der Waals surface area (Å²) in [6, 6.07) is 9.58. The van der Waals surface area contributed by atoms with Gasteiger partial charge in [-0.25, -0.2) is 0 Å². The number of halogens is 2. The molecule has 0 atom stereocenters. The predicted octanol–water partition coefficient (Wildman–Crippen LogP) is 3.65. The van der Waals surface area contributed by atoms with E-state index in [0.717, 1.165) is 4.90 Å². The Hall–Kier alpha value is -2.42. The Labute approximate surface area is 173 Å². The number of aromatic hydroxyl groups is 1. The number of ether oxygens (including phenoxy) is 1. The summed E-state index contributed by atoms with van der Waals surface area (Å²) in [5.41, 5.74) is 0.689. The summed E-state index contributed by atoms with van der Waals surface area (Å²) < 4.78 is 5.55. The van der Waals surface area contributed by atoms with Gasteiger partial charge in [0.2, 0.25) is 0 Å². The van der Waals surface area contributed by atoms with Gasteiger partial charge in [-0.1, -0.05) is 39.7 Å².